The topological polar surface area (TPSA) is 62.2 Å². The highest BCUT2D eigenvalue weighted by Gasteiger charge is 2.19. The third-order valence-corrected chi connectivity index (χ3v) is 5.59. The number of hydrogen-bond donors (Lipinski definition) is 2. The molecule has 0 spiro atoms. The van der Waals surface area contributed by atoms with Gasteiger partial charge in [0.25, 0.3) is 5.91 Å². The van der Waals surface area contributed by atoms with E-state index >= 15 is 0 Å². The van der Waals surface area contributed by atoms with E-state index in [0.29, 0.717) is 5.56 Å². The van der Waals surface area contributed by atoms with E-state index in [2.05, 4.69) is 10.3 Å². The lowest BCUT2D eigenvalue weighted by molar-refractivity contribution is 0.0914. The van der Waals surface area contributed by atoms with Gasteiger partial charge in [-0.25, -0.2) is 0 Å². The molecule has 2 bridgehead atoms. The SMILES string of the molecule is O=C(N[C@@H](CO)c1ccccc1)c1cc2cnc1CCCCCCCCCC2. The number of aromatic nitrogens is 1. The molecule has 4 rings (SSSR count). The summed E-state index contributed by atoms with van der Waals surface area (Å²) in [6, 6.07) is 11.2. The molecule has 2 aliphatic rings. The van der Waals surface area contributed by atoms with E-state index in [4.69, 9.17) is 0 Å². The van der Waals surface area contributed by atoms with Crippen LogP contribution in [0.25, 0.3) is 0 Å². The zero-order valence-electron chi connectivity index (χ0n) is 16.7. The zero-order valence-corrected chi connectivity index (χ0v) is 16.7. The molecule has 0 saturated heterocycles. The number of rotatable bonds is 4. The molecular weight excluding hydrogens is 348 g/mol. The maximum absolute atomic E-state index is 13.1. The Labute approximate surface area is 168 Å². The molecule has 1 aromatic heterocycles. The van der Waals surface area contributed by atoms with E-state index in [1.165, 1.54) is 38.5 Å². The van der Waals surface area contributed by atoms with Gasteiger partial charge in [-0.2, -0.15) is 0 Å². The number of nitrogens with zero attached hydrogens (tertiary/aromatic N) is 1. The van der Waals surface area contributed by atoms with Crippen molar-refractivity contribution in [2.24, 2.45) is 0 Å². The Morgan fingerprint density at radius 3 is 2.29 bits per heavy atom. The second kappa shape index (κ2) is 11.0. The van der Waals surface area contributed by atoms with E-state index in [1.807, 2.05) is 42.6 Å². The highest BCUT2D eigenvalue weighted by molar-refractivity contribution is 5.95. The number of hydrogen-bond acceptors (Lipinski definition) is 3. The van der Waals surface area contributed by atoms with Gasteiger partial charge < -0.3 is 10.4 Å². The van der Waals surface area contributed by atoms with Crippen LogP contribution in [0.3, 0.4) is 0 Å². The Bertz CT molecular complexity index is 746. The fraction of sp³-hybridized carbons (Fsp3) is 0.500. The van der Waals surface area contributed by atoms with Crippen LogP contribution in [0.1, 0.15) is 84.6 Å². The monoisotopic (exact) mass is 380 g/mol. The normalized spacial score (nSPS) is 16.9. The number of aliphatic hydroxyl groups excluding tert-OH is 1. The Morgan fingerprint density at radius 1 is 0.964 bits per heavy atom. The maximum Gasteiger partial charge on any atom is 0.253 e. The summed E-state index contributed by atoms with van der Waals surface area (Å²) in [5, 5.41) is 12.8. The fourth-order valence-corrected chi connectivity index (χ4v) is 3.91. The van der Waals surface area contributed by atoms with Gasteiger partial charge in [-0.05, 0) is 42.9 Å². The van der Waals surface area contributed by atoms with Crippen molar-refractivity contribution < 1.29 is 9.90 Å². The van der Waals surface area contributed by atoms with Crippen LogP contribution in [-0.2, 0) is 12.8 Å². The summed E-state index contributed by atoms with van der Waals surface area (Å²) in [5.74, 6) is -0.139. The third-order valence-electron chi connectivity index (χ3n) is 5.59. The number of fused-ring (bicyclic) bond motifs is 11. The van der Waals surface area contributed by atoms with Crippen LogP contribution in [0.5, 0.6) is 0 Å². The summed E-state index contributed by atoms with van der Waals surface area (Å²) >= 11 is 0. The van der Waals surface area contributed by atoms with E-state index < -0.39 is 6.04 Å². The van der Waals surface area contributed by atoms with E-state index in [0.717, 1.165) is 42.5 Å². The Kier molecular flexibility index (Phi) is 8.04. The summed E-state index contributed by atoms with van der Waals surface area (Å²) < 4.78 is 0. The van der Waals surface area contributed by atoms with Crippen molar-refractivity contribution in [1.82, 2.24) is 10.3 Å². The standard InChI is InChI=1S/C24H32N2O2/c27-18-23(20-13-9-7-10-14-20)26-24(28)21-16-19-12-8-5-3-1-2-4-6-11-15-22(21)25-17-19/h7,9-10,13-14,16-17,23,27H,1-6,8,11-12,15,18H2,(H,26,28)/t23-/m0/s1. The number of amides is 1. The van der Waals surface area contributed by atoms with Crippen LogP contribution in [-0.4, -0.2) is 22.6 Å². The molecule has 0 saturated carbocycles. The van der Waals surface area contributed by atoms with Crippen LogP contribution >= 0.6 is 0 Å². The minimum atomic E-state index is -0.407. The number of nitrogens with one attached hydrogen (secondary N) is 1. The van der Waals surface area contributed by atoms with Gasteiger partial charge in [0, 0.05) is 6.20 Å². The number of aryl methyl sites for hydroxylation is 2. The van der Waals surface area contributed by atoms with Gasteiger partial charge in [-0.1, -0.05) is 68.9 Å². The molecule has 1 atom stereocenters. The molecule has 150 valence electrons. The van der Waals surface area contributed by atoms with Crippen molar-refractivity contribution in [3.8, 4) is 0 Å². The minimum absolute atomic E-state index is 0.127. The van der Waals surface area contributed by atoms with Crippen LogP contribution in [0, 0.1) is 0 Å². The van der Waals surface area contributed by atoms with Gasteiger partial charge in [0.05, 0.1) is 23.9 Å². The van der Waals surface area contributed by atoms with Gasteiger partial charge in [-0.15, -0.1) is 0 Å². The summed E-state index contributed by atoms with van der Waals surface area (Å²) in [6.45, 7) is -0.127. The highest BCUT2D eigenvalue weighted by Crippen LogP contribution is 2.19. The predicted octanol–water partition coefficient (Wildman–Crippen LogP) is 4.76. The lowest BCUT2D eigenvalue weighted by Gasteiger charge is -2.18. The van der Waals surface area contributed by atoms with Crippen LogP contribution < -0.4 is 5.32 Å². The van der Waals surface area contributed by atoms with Gasteiger partial charge >= 0.3 is 0 Å². The van der Waals surface area contributed by atoms with Crippen molar-refractivity contribution in [3.05, 3.63) is 65.0 Å². The maximum atomic E-state index is 13.1. The molecule has 4 nitrogen and oxygen atoms in total. The molecule has 2 aromatic rings. The van der Waals surface area contributed by atoms with Crippen molar-refractivity contribution in [2.75, 3.05) is 6.61 Å². The van der Waals surface area contributed by atoms with E-state index in [1.54, 1.807) is 0 Å². The Balaban J connectivity index is 1.79. The number of aliphatic hydroxyl groups is 1. The number of pyridine rings is 1. The van der Waals surface area contributed by atoms with Gasteiger partial charge in [-0.3, -0.25) is 9.78 Å². The minimum Gasteiger partial charge on any atom is -0.394 e. The Hall–Kier alpha value is -2.20. The van der Waals surface area contributed by atoms with Gasteiger partial charge in [0.15, 0.2) is 0 Å². The van der Waals surface area contributed by atoms with Gasteiger partial charge in [0.2, 0.25) is 0 Å². The number of benzene rings is 1. The molecule has 4 heteroatoms. The first-order chi connectivity index (χ1) is 13.8. The van der Waals surface area contributed by atoms with Crippen molar-refractivity contribution >= 4 is 5.91 Å². The van der Waals surface area contributed by atoms with Crippen molar-refractivity contribution in [1.29, 1.82) is 0 Å². The van der Waals surface area contributed by atoms with Crippen LogP contribution in [0.15, 0.2) is 42.6 Å². The first-order valence-corrected chi connectivity index (χ1v) is 10.7. The largest absolute Gasteiger partial charge is 0.394 e. The first-order valence-electron chi connectivity index (χ1n) is 10.7. The molecule has 1 aliphatic heterocycles. The average molecular weight is 381 g/mol. The van der Waals surface area contributed by atoms with Crippen molar-refractivity contribution in [3.63, 3.8) is 0 Å². The molecule has 1 aliphatic carbocycles. The highest BCUT2D eigenvalue weighted by atomic mass is 16.3. The smallest absolute Gasteiger partial charge is 0.253 e. The predicted molar refractivity (Wildman–Crippen MR) is 112 cm³/mol. The second-order valence-corrected chi connectivity index (χ2v) is 7.79. The summed E-state index contributed by atoms with van der Waals surface area (Å²) in [4.78, 5) is 17.7. The summed E-state index contributed by atoms with van der Waals surface area (Å²) in [6.07, 6.45) is 13.6. The summed E-state index contributed by atoms with van der Waals surface area (Å²) in [7, 11) is 0. The number of carbonyl (C=O) groups is 1. The summed E-state index contributed by atoms with van der Waals surface area (Å²) in [5.41, 5.74) is 3.59. The lowest BCUT2D eigenvalue weighted by Crippen LogP contribution is -2.31. The molecule has 1 aromatic carbocycles. The molecule has 0 radical (unpaired) electrons. The van der Waals surface area contributed by atoms with E-state index in [-0.39, 0.29) is 12.5 Å². The molecule has 2 N–H and O–H groups in total. The molecule has 0 unspecified atom stereocenters. The van der Waals surface area contributed by atoms with Crippen molar-refractivity contribution in [2.45, 2.75) is 70.3 Å². The fourth-order valence-electron chi connectivity index (χ4n) is 3.91. The average Bonchev–Trinajstić information content (AvgIpc) is 2.74. The molecule has 2 heterocycles. The number of carbonyl (C=O) groups excluding carboxylic acids is 1. The first kappa shape index (κ1) is 20.5. The lowest BCUT2D eigenvalue weighted by atomic mass is 9.98. The van der Waals surface area contributed by atoms with E-state index in [9.17, 15) is 9.90 Å². The molecule has 1 amide bonds. The quantitative estimate of drug-likeness (QED) is 0.803. The molecule has 28 heavy (non-hydrogen) atoms. The third kappa shape index (κ3) is 5.90. The van der Waals surface area contributed by atoms with Crippen LogP contribution in [0.4, 0.5) is 0 Å². The molecule has 0 fully saturated rings. The molecular formula is C24H32N2O2. The Morgan fingerprint density at radius 2 is 1.61 bits per heavy atom. The zero-order chi connectivity index (χ0) is 19.6. The van der Waals surface area contributed by atoms with Gasteiger partial charge in [0.1, 0.15) is 0 Å². The van der Waals surface area contributed by atoms with Crippen LogP contribution in [0.2, 0.25) is 0 Å². The second-order valence-electron chi connectivity index (χ2n) is 7.79.